The Bertz CT molecular complexity index is 881. The van der Waals surface area contributed by atoms with E-state index in [1.54, 1.807) is 0 Å². The Balaban J connectivity index is 2.30. The number of ether oxygens (including phenoxy) is 2. The number of carboxylic acids is 1. The average Bonchev–Trinajstić information content (AvgIpc) is 2.56. The standard InChI is InChI=1S/C16H10ClF3N2O4/c1-8(15(23)24)25-13-5-11(3-2-9(13)6-21)26-14-12(17)4-10(7-22-14)16(18,19)20/h2-5,7-8H,1H3,(H,23,24). The molecule has 2 rings (SSSR count). The largest absolute Gasteiger partial charge is 0.479 e. The molecule has 26 heavy (non-hydrogen) atoms. The molecule has 0 spiro atoms. The first-order valence-corrected chi connectivity index (χ1v) is 7.34. The van der Waals surface area contributed by atoms with Crippen LogP contribution in [-0.4, -0.2) is 22.2 Å². The van der Waals surface area contributed by atoms with E-state index in [9.17, 15) is 18.0 Å². The van der Waals surface area contributed by atoms with Gasteiger partial charge < -0.3 is 14.6 Å². The maximum absolute atomic E-state index is 12.6. The van der Waals surface area contributed by atoms with Crippen molar-refractivity contribution in [3.05, 3.63) is 46.6 Å². The minimum absolute atomic E-state index is 0.0470. The number of nitrogens with zero attached hydrogens (tertiary/aromatic N) is 2. The summed E-state index contributed by atoms with van der Waals surface area (Å²) in [6, 6.07) is 6.35. The number of benzene rings is 1. The van der Waals surface area contributed by atoms with E-state index in [1.807, 2.05) is 6.07 Å². The van der Waals surface area contributed by atoms with E-state index in [4.69, 9.17) is 31.4 Å². The second kappa shape index (κ2) is 7.49. The maximum atomic E-state index is 12.6. The van der Waals surface area contributed by atoms with Crippen molar-refractivity contribution in [1.82, 2.24) is 4.98 Å². The first-order valence-electron chi connectivity index (χ1n) is 6.96. The van der Waals surface area contributed by atoms with Gasteiger partial charge in [-0.2, -0.15) is 18.4 Å². The van der Waals surface area contributed by atoms with Crippen molar-refractivity contribution in [2.75, 3.05) is 0 Å². The van der Waals surface area contributed by atoms with E-state index in [-0.39, 0.29) is 28.0 Å². The Morgan fingerprint density at radius 2 is 2.08 bits per heavy atom. The Labute approximate surface area is 150 Å². The summed E-state index contributed by atoms with van der Waals surface area (Å²) in [6.07, 6.45) is -5.27. The van der Waals surface area contributed by atoms with Gasteiger partial charge in [0, 0.05) is 12.3 Å². The third kappa shape index (κ3) is 4.55. The zero-order valence-corrected chi connectivity index (χ0v) is 13.8. The van der Waals surface area contributed by atoms with Gasteiger partial charge in [0.1, 0.15) is 22.6 Å². The fourth-order valence-electron chi connectivity index (χ4n) is 1.76. The number of halogens is 4. The minimum atomic E-state index is -4.60. The molecule has 0 bridgehead atoms. The summed E-state index contributed by atoms with van der Waals surface area (Å²) in [7, 11) is 0. The molecule has 2 aromatic rings. The molecule has 0 aliphatic rings. The van der Waals surface area contributed by atoms with Gasteiger partial charge in [0.05, 0.1) is 11.1 Å². The number of carbonyl (C=O) groups is 1. The number of hydrogen-bond acceptors (Lipinski definition) is 5. The molecule has 6 nitrogen and oxygen atoms in total. The van der Waals surface area contributed by atoms with Crippen LogP contribution >= 0.6 is 11.6 Å². The monoisotopic (exact) mass is 386 g/mol. The summed E-state index contributed by atoms with van der Waals surface area (Å²) in [5.74, 6) is -1.55. The number of aromatic nitrogens is 1. The topological polar surface area (TPSA) is 92.4 Å². The number of carboxylic acid groups (broad SMARTS) is 1. The van der Waals surface area contributed by atoms with E-state index in [1.165, 1.54) is 25.1 Å². The molecule has 0 saturated heterocycles. The van der Waals surface area contributed by atoms with Crippen molar-refractivity contribution in [3.63, 3.8) is 0 Å². The average molecular weight is 387 g/mol. The molecule has 0 saturated carbocycles. The van der Waals surface area contributed by atoms with Crippen LogP contribution in [0.4, 0.5) is 13.2 Å². The predicted octanol–water partition coefficient (Wildman–Crippen LogP) is 4.27. The molecule has 0 amide bonds. The molecule has 1 unspecified atom stereocenters. The van der Waals surface area contributed by atoms with Gasteiger partial charge in [-0.15, -0.1) is 0 Å². The van der Waals surface area contributed by atoms with Crippen molar-refractivity contribution in [2.45, 2.75) is 19.2 Å². The van der Waals surface area contributed by atoms with Gasteiger partial charge in [0.25, 0.3) is 0 Å². The molecule has 10 heteroatoms. The van der Waals surface area contributed by atoms with Crippen molar-refractivity contribution in [1.29, 1.82) is 5.26 Å². The van der Waals surface area contributed by atoms with E-state index >= 15 is 0 Å². The zero-order chi connectivity index (χ0) is 19.5. The lowest BCUT2D eigenvalue weighted by Gasteiger charge is -2.14. The molecule has 0 radical (unpaired) electrons. The molecule has 0 fully saturated rings. The summed E-state index contributed by atoms with van der Waals surface area (Å²) >= 11 is 5.76. The molecule has 1 aromatic carbocycles. The maximum Gasteiger partial charge on any atom is 0.417 e. The number of rotatable bonds is 5. The third-order valence-corrected chi connectivity index (χ3v) is 3.35. The highest BCUT2D eigenvalue weighted by molar-refractivity contribution is 6.31. The van der Waals surface area contributed by atoms with Crippen LogP contribution in [0.3, 0.4) is 0 Å². The van der Waals surface area contributed by atoms with Crippen LogP contribution in [-0.2, 0) is 11.0 Å². The van der Waals surface area contributed by atoms with Gasteiger partial charge in [0.2, 0.25) is 5.88 Å². The summed E-state index contributed by atoms with van der Waals surface area (Å²) in [4.78, 5) is 14.4. The molecule has 136 valence electrons. The first-order chi connectivity index (χ1) is 12.1. The number of alkyl halides is 3. The zero-order valence-electron chi connectivity index (χ0n) is 13.0. The number of aliphatic carboxylic acids is 1. The lowest BCUT2D eigenvalue weighted by Crippen LogP contribution is -2.23. The van der Waals surface area contributed by atoms with Gasteiger partial charge in [-0.1, -0.05) is 11.6 Å². The fraction of sp³-hybridized carbons (Fsp3) is 0.188. The first kappa shape index (κ1) is 19.3. The summed E-state index contributed by atoms with van der Waals surface area (Å²) in [6.45, 7) is 1.27. The number of hydrogen-bond donors (Lipinski definition) is 1. The van der Waals surface area contributed by atoms with Crippen LogP contribution < -0.4 is 9.47 Å². The summed E-state index contributed by atoms with van der Waals surface area (Å²) in [5.41, 5.74) is -0.981. The smallest absolute Gasteiger partial charge is 0.417 e. The van der Waals surface area contributed by atoms with Crippen LogP contribution in [0.5, 0.6) is 17.4 Å². The quantitative estimate of drug-likeness (QED) is 0.825. The molecule has 1 N–H and O–H groups in total. The normalized spacial score (nSPS) is 12.2. The fourth-order valence-corrected chi connectivity index (χ4v) is 1.97. The molecule has 1 atom stereocenters. The Kier molecular flexibility index (Phi) is 5.57. The molecule has 1 aromatic heterocycles. The van der Waals surface area contributed by atoms with E-state index < -0.39 is 23.8 Å². The van der Waals surface area contributed by atoms with Crippen LogP contribution in [0, 0.1) is 11.3 Å². The number of nitriles is 1. The highest BCUT2D eigenvalue weighted by atomic mass is 35.5. The molecule has 1 heterocycles. The van der Waals surface area contributed by atoms with Crippen LogP contribution in [0.15, 0.2) is 30.5 Å². The molecular weight excluding hydrogens is 377 g/mol. The molecular formula is C16H10ClF3N2O4. The van der Waals surface area contributed by atoms with Crippen LogP contribution in [0.1, 0.15) is 18.1 Å². The second-order valence-electron chi connectivity index (χ2n) is 4.98. The van der Waals surface area contributed by atoms with E-state index in [0.29, 0.717) is 12.3 Å². The Morgan fingerprint density at radius 1 is 1.38 bits per heavy atom. The lowest BCUT2D eigenvalue weighted by molar-refractivity contribution is -0.144. The third-order valence-electron chi connectivity index (χ3n) is 3.07. The number of pyridine rings is 1. The lowest BCUT2D eigenvalue weighted by atomic mass is 10.2. The molecule has 0 aliphatic heterocycles. The minimum Gasteiger partial charge on any atom is -0.479 e. The highest BCUT2D eigenvalue weighted by Gasteiger charge is 2.31. The van der Waals surface area contributed by atoms with Crippen LogP contribution in [0.25, 0.3) is 0 Å². The summed E-state index contributed by atoms with van der Waals surface area (Å²) in [5, 5.41) is 17.6. The Morgan fingerprint density at radius 3 is 2.62 bits per heavy atom. The van der Waals surface area contributed by atoms with Gasteiger partial charge in [-0.25, -0.2) is 9.78 Å². The second-order valence-corrected chi connectivity index (χ2v) is 5.39. The van der Waals surface area contributed by atoms with Gasteiger partial charge in [-0.05, 0) is 25.1 Å². The van der Waals surface area contributed by atoms with Crippen molar-refractivity contribution in [3.8, 4) is 23.4 Å². The van der Waals surface area contributed by atoms with E-state index in [0.717, 1.165) is 0 Å². The van der Waals surface area contributed by atoms with Crippen molar-refractivity contribution < 1.29 is 32.5 Å². The van der Waals surface area contributed by atoms with Crippen molar-refractivity contribution in [2.24, 2.45) is 0 Å². The highest BCUT2D eigenvalue weighted by Crippen LogP contribution is 2.35. The molecule has 0 aliphatic carbocycles. The van der Waals surface area contributed by atoms with Gasteiger partial charge in [0.15, 0.2) is 6.10 Å². The SMILES string of the molecule is CC(Oc1cc(Oc2ncc(C(F)(F)F)cc2Cl)ccc1C#N)C(=O)O. The summed E-state index contributed by atoms with van der Waals surface area (Å²) < 4.78 is 48.3. The Hall–Kier alpha value is -2.99. The van der Waals surface area contributed by atoms with Gasteiger partial charge in [-0.3, -0.25) is 0 Å². The van der Waals surface area contributed by atoms with E-state index in [2.05, 4.69) is 4.98 Å². The van der Waals surface area contributed by atoms with Crippen LogP contribution in [0.2, 0.25) is 5.02 Å². The predicted molar refractivity (Wildman–Crippen MR) is 83.2 cm³/mol. The van der Waals surface area contributed by atoms with Gasteiger partial charge >= 0.3 is 12.1 Å². The van der Waals surface area contributed by atoms with Crippen molar-refractivity contribution >= 4 is 17.6 Å².